The van der Waals surface area contributed by atoms with Crippen molar-refractivity contribution in [2.45, 2.75) is 58.0 Å². The van der Waals surface area contributed by atoms with E-state index in [9.17, 15) is 9.59 Å². The number of amides is 2. The summed E-state index contributed by atoms with van der Waals surface area (Å²) in [5.41, 5.74) is 1.87. The molecule has 1 saturated heterocycles. The van der Waals surface area contributed by atoms with Crippen molar-refractivity contribution in [2.24, 2.45) is 11.8 Å². The van der Waals surface area contributed by atoms with Gasteiger partial charge in [-0.2, -0.15) is 0 Å². The van der Waals surface area contributed by atoms with E-state index in [1.807, 2.05) is 29.2 Å². The molecule has 0 unspecified atom stereocenters. The first-order valence-electron chi connectivity index (χ1n) is 10.1. The highest BCUT2D eigenvalue weighted by atomic mass is 16.2. The number of aromatic amines is 1. The van der Waals surface area contributed by atoms with Crippen molar-refractivity contribution in [1.82, 2.24) is 20.2 Å². The summed E-state index contributed by atoms with van der Waals surface area (Å²) >= 11 is 0. The number of benzene rings is 1. The van der Waals surface area contributed by atoms with Gasteiger partial charge in [0.25, 0.3) is 0 Å². The number of nitrogens with zero attached hydrogens (tertiary/aromatic N) is 2. The van der Waals surface area contributed by atoms with Crippen LogP contribution >= 0.6 is 0 Å². The third-order valence-electron chi connectivity index (χ3n) is 5.96. The first-order valence-corrected chi connectivity index (χ1v) is 10.1. The van der Waals surface area contributed by atoms with E-state index in [4.69, 9.17) is 0 Å². The van der Waals surface area contributed by atoms with Gasteiger partial charge in [-0.3, -0.25) is 9.59 Å². The molecule has 4 rings (SSSR count). The lowest BCUT2D eigenvalue weighted by Gasteiger charge is -2.25. The molecule has 2 aliphatic rings. The van der Waals surface area contributed by atoms with Gasteiger partial charge in [-0.15, -0.1) is 0 Å². The molecule has 1 aliphatic heterocycles. The van der Waals surface area contributed by atoms with Crippen molar-refractivity contribution in [3.05, 3.63) is 30.1 Å². The molecule has 2 N–H and O–H groups in total. The van der Waals surface area contributed by atoms with E-state index < -0.39 is 0 Å². The first-order chi connectivity index (χ1) is 13.0. The molecular formula is C21H28N4O2. The van der Waals surface area contributed by atoms with Gasteiger partial charge in [-0.05, 0) is 30.9 Å². The summed E-state index contributed by atoms with van der Waals surface area (Å²) in [4.78, 5) is 35.3. The highest BCUT2D eigenvalue weighted by Gasteiger charge is 2.39. The van der Waals surface area contributed by atoms with Crippen molar-refractivity contribution < 1.29 is 9.59 Å². The summed E-state index contributed by atoms with van der Waals surface area (Å²) in [6.45, 7) is 4.70. The maximum Gasteiger partial charge on any atom is 0.226 e. The van der Waals surface area contributed by atoms with Crippen LogP contribution in [0.15, 0.2) is 24.3 Å². The van der Waals surface area contributed by atoms with E-state index in [1.54, 1.807) is 0 Å². The third kappa shape index (κ3) is 3.57. The van der Waals surface area contributed by atoms with E-state index in [0.29, 0.717) is 19.0 Å². The van der Waals surface area contributed by atoms with Gasteiger partial charge in [0.1, 0.15) is 5.82 Å². The molecule has 2 fully saturated rings. The fourth-order valence-electron chi connectivity index (χ4n) is 4.42. The Morgan fingerprint density at radius 2 is 2.00 bits per heavy atom. The van der Waals surface area contributed by atoms with E-state index in [0.717, 1.165) is 29.7 Å². The minimum absolute atomic E-state index is 0.0389. The Morgan fingerprint density at radius 3 is 2.70 bits per heavy atom. The number of rotatable bonds is 5. The average Bonchev–Trinajstić information content (AvgIpc) is 3.37. The minimum Gasteiger partial charge on any atom is -0.346 e. The molecule has 1 aromatic heterocycles. The number of carbonyl (C=O) groups excluding carboxylic acids is 2. The molecule has 27 heavy (non-hydrogen) atoms. The maximum absolute atomic E-state index is 12.9. The lowest BCUT2D eigenvalue weighted by molar-refractivity contribution is -0.130. The molecule has 1 aliphatic carbocycles. The lowest BCUT2D eigenvalue weighted by Crippen LogP contribution is -2.39. The zero-order valence-electron chi connectivity index (χ0n) is 16.1. The van der Waals surface area contributed by atoms with Gasteiger partial charge in [0.05, 0.1) is 23.0 Å². The normalized spacial score (nSPS) is 22.1. The van der Waals surface area contributed by atoms with Gasteiger partial charge >= 0.3 is 0 Å². The first kappa shape index (κ1) is 18.0. The average molecular weight is 368 g/mol. The topological polar surface area (TPSA) is 78.1 Å². The van der Waals surface area contributed by atoms with Crippen LogP contribution in [0.5, 0.6) is 0 Å². The molecule has 0 radical (unpaired) electrons. The molecule has 1 aromatic carbocycles. The molecule has 6 heteroatoms. The molecular weight excluding hydrogens is 340 g/mol. The second-order valence-electron chi connectivity index (χ2n) is 8.25. The highest BCUT2D eigenvalue weighted by Crippen LogP contribution is 2.30. The zero-order valence-corrected chi connectivity index (χ0v) is 16.1. The summed E-state index contributed by atoms with van der Waals surface area (Å²) in [6, 6.07) is 8.02. The Labute approximate surface area is 159 Å². The fraction of sp³-hybridized carbons (Fsp3) is 0.571. The van der Waals surface area contributed by atoms with Crippen LogP contribution in [-0.2, 0) is 9.59 Å². The Balaban J connectivity index is 1.47. The third-order valence-corrected chi connectivity index (χ3v) is 5.96. The van der Waals surface area contributed by atoms with Gasteiger partial charge in [0.15, 0.2) is 0 Å². The summed E-state index contributed by atoms with van der Waals surface area (Å²) < 4.78 is 0. The number of fused-ring (bicyclic) bond motifs is 1. The summed E-state index contributed by atoms with van der Waals surface area (Å²) in [6.07, 6.45) is 4.86. The summed E-state index contributed by atoms with van der Waals surface area (Å²) in [5, 5.41) is 3.16. The van der Waals surface area contributed by atoms with E-state index in [-0.39, 0.29) is 29.7 Å². The van der Waals surface area contributed by atoms with Crippen LogP contribution in [0.25, 0.3) is 11.0 Å². The van der Waals surface area contributed by atoms with E-state index in [2.05, 4.69) is 29.1 Å². The van der Waals surface area contributed by atoms with Crippen LogP contribution in [-0.4, -0.2) is 39.3 Å². The van der Waals surface area contributed by atoms with E-state index >= 15 is 0 Å². The van der Waals surface area contributed by atoms with Gasteiger partial charge in [0.2, 0.25) is 11.8 Å². The zero-order chi connectivity index (χ0) is 19.0. The van der Waals surface area contributed by atoms with Gasteiger partial charge in [-0.1, -0.05) is 38.8 Å². The number of para-hydroxylation sites is 2. The maximum atomic E-state index is 12.9. The predicted octanol–water partition coefficient (Wildman–Crippen LogP) is 3.17. The second kappa shape index (κ2) is 7.33. The highest BCUT2D eigenvalue weighted by molar-refractivity contribution is 5.89. The molecule has 2 atom stereocenters. The van der Waals surface area contributed by atoms with Crippen LogP contribution < -0.4 is 5.32 Å². The Morgan fingerprint density at radius 1 is 1.26 bits per heavy atom. The van der Waals surface area contributed by atoms with Crippen molar-refractivity contribution in [1.29, 1.82) is 0 Å². The van der Waals surface area contributed by atoms with Gasteiger partial charge in [0, 0.05) is 19.0 Å². The van der Waals surface area contributed by atoms with Gasteiger partial charge < -0.3 is 15.2 Å². The van der Waals surface area contributed by atoms with Crippen LogP contribution in [0.2, 0.25) is 0 Å². The quantitative estimate of drug-likeness (QED) is 0.851. The van der Waals surface area contributed by atoms with Crippen molar-refractivity contribution in [3.63, 3.8) is 0 Å². The van der Waals surface area contributed by atoms with Crippen molar-refractivity contribution in [2.75, 3.05) is 6.54 Å². The second-order valence-corrected chi connectivity index (χ2v) is 8.25. The van der Waals surface area contributed by atoms with Crippen LogP contribution in [0.3, 0.4) is 0 Å². The Hall–Kier alpha value is -2.37. The number of likely N-dealkylation sites (tertiary alicyclic amines) is 1. The fourth-order valence-corrected chi connectivity index (χ4v) is 4.42. The molecule has 6 nitrogen and oxygen atoms in total. The monoisotopic (exact) mass is 368 g/mol. The molecule has 0 bridgehead atoms. The number of hydrogen-bond donors (Lipinski definition) is 2. The van der Waals surface area contributed by atoms with Crippen LogP contribution in [0.1, 0.15) is 57.8 Å². The summed E-state index contributed by atoms with van der Waals surface area (Å²) in [5.74, 6) is 0.799. The largest absolute Gasteiger partial charge is 0.346 e. The van der Waals surface area contributed by atoms with E-state index in [1.165, 1.54) is 12.8 Å². The predicted molar refractivity (Wildman–Crippen MR) is 104 cm³/mol. The number of hydrogen-bond acceptors (Lipinski definition) is 3. The Kier molecular flexibility index (Phi) is 4.89. The van der Waals surface area contributed by atoms with Crippen LogP contribution in [0.4, 0.5) is 0 Å². The number of aromatic nitrogens is 2. The molecule has 144 valence electrons. The smallest absolute Gasteiger partial charge is 0.226 e. The molecule has 2 heterocycles. The number of imidazole rings is 1. The molecule has 2 aromatic rings. The molecule has 1 saturated carbocycles. The number of carbonyl (C=O) groups is 2. The lowest BCUT2D eigenvalue weighted by atomic mass is 10.0. The summed E-state index contributed by atoms with van der Waals surface area (Å²) in [7, 11) is 0. The van der Waals surface area contributed by atoms with Crippen molar-refractivity contribution >= 4 is 22.8 Å². The van der Waals surface area contributed by atoms with Crippen LogP contribution in [0, 0.1) is 11.8 Å². The Bertz CT molecular complexity index is 805. The standard InChI is InChI=1S/C21H28N4O2/c1-13(2)19(20-22-16-9-5-6-10-17(16)23-20)24-21(27)14-11-18(26)25(12-14)15-7-3-4-8-15/h5-6,9-10,13-15,19H,3-4,7-8,11-12H2,1-2H3,(H,22,23)(H,24,27)/t14-,19+/m0/s1. The molecule has 2 amide bonds. The van der Waals surface area contributed by atoms with Crippen molar-refractivity contribution in [3.8, 4) is 0 Å². The number of H-pyrrole nitrogens is 1. The van der Waals surface area contributed by atoms with Gasteiger partial charge in [-0.25, -0.2) is 4.98 Å². The molecule has 0 spiro atoms. The number of nitrogens with one attached hydrogen (secondary N) is 2. The SMILES string of the molecule is CC(C)[C@@H](NC(=O)[C@H]1CC(=O)N(C2CCCC2)C1)c1nc2ccccc2[nH]1. The minimum atomic E-state index is -0.260.